The van der Waals surface area contributed by atoms with E-state index in [0.29, 0.717) is 0 Å². The first-order chi connectivity index (χ1) is 5.58. The average Bonchev–Trinajstić information content (AvgIpc) is 2.02. The lowest BCUT2D eigenvalue weighted by Crippen LogP contribution is -2.19. The third kappa shape index (κ3) is 3.67. The van der Waals surface area contributed by atoms with E-state index >= 15 is 0 Å². The highest BCUT2D eigenvalue weighted by atomic mass is 32.2. The van der Waals surface area contributed by atoms with Crippen LogP contribution in [0, 0.1) is 0 Å². The second-order valence-corrected chi connectivity index (χ2v) is 5.37. The topological polar surface area (TPSA) is 9.23 Å². The van der Waals surface area contributed by atoms with Crippen LogP contribution in [0.3, 0.4) is 0 Å². The first-order valence-electron chi connectivity index (χ1n) is 4.02. The van der Waals surface area contributed by atoms with E-state index in [1.165, 1.54) is 0 Å². The number of hydrogen-bond acceptors (Lipinski definition) is 1. The molecule has 0 fully saturated rings. The summed E-state index contributed by atoms with van der Waals surface area (Å²) in [5, 5.41) is 0. The maximum Gasteiger partial charge on any atom is 0.188 e. The highest BCUT2D eigenvalue weighted by Gasteiger charge is 2.21. The minimum atomic E-state index is 0.204. The Morgan fingerprint density at radius 1 is 1.08 bits per heavy atom. The van der Waals surface area contributed by atoms with Gasteiger partial charge in [-0.1, -0.05) is 18.2 Å². The molecule has 0 bridgehead atoms. The van der Waals surface area contributed by atoms with Gasteiger partial charge in [0.1, 0.15) is 0 Å². The van der Waals surface area contributed by atoms with Gasteiger partial charge in [0.2, 0.25) is 0 Å². The van der Waals surface area contributed by atoms with Crippen LogP contribution in [0.5, 0.6) is 5.75 Å². The first kappa shape index (κ1) is 9.46. The fourth-order valence-electron chi connectivity index (χ4n) is 0.671. The predicted octanol–water partition coefficient (Wildman–Crippen LogP) is 2.59. The highest BCUT2D eigenvalue weighted by molar-refractivity contribution is 7.75. The molecule has 0 atom stereocenters. The summed E-state index contributed by atoms with van der Waals surface area (Å²) in [5.41, 5.74) is 0. The Morgan fingerprint density at radius 2 is 1.67 bits per heavy atom. The number of hydrogen-bond donors (Lipinski definition) is 0. The molecule has 0 aromatic heterocycles. The molecule has 1 nitrogen and oxygen atoms in total. The first-order valence-corrected chi connectivity index (χ1v) is 4.83. The number of rotatable bonds is 2. The molecule has 0 aliphatic carbocycles. The lowest BCUT2D eigenvalue weighted by Gasteiger charge is -2.06. The maximum atomic E-state index is 5.54. The molecule has 1 aromatic rings. The summed E-state index contributed by atoms with van der Waals surface area (Å²) in [6.07, 6.45) is 0. The van der Waals surface area contributed by atoms with Crippen molar-refractivity contribution >= 4 is 12.0 Å². The van der Waals surface area contributed by atoms with Crippen molar-refractivity contribution in [3.8, 4) is 5.75 Å². The normalized spacial score (nSPS) is 11.2. The van der Waals surface area contributed by atoms with Crippen LogP contribution in [0.25, 0.3) is 0 Å². The van der Waals surface area contributed by atoms with Crippen LogP contribution in [0.2, 0.25) is 0 Å². The predicted molar refractivity (Wildman–Crippen MR) is 55.6 cm³/mol. The fraction of sp³-hybridized carbons (Fsp3) is 0.400. The number of benzene rings is 1. The summed E-state index contributed by atoms with van der Waals surface area (Å²) < 4.78 is 5.75. The van der Waals surface area contributed by atoms with Gasteiger partial charge in [0, 0.05) is 0 Å². The van der Waals surface area contributed by atoms with Gasteiger partial charge in [0.25, 0.3) is 0 Å². The Hall–Kier alpha value is -0.630. The van der Waals surface area contributed by atoms with Crippen molar-refractivity contribution in [3.63, 3.8) is 0 Å². The zero-order valence-corrected chi connectivity index (χ0v) is 8.64. The molecule has 0 N–H and O–H groups in total. The van der Waals surface area contributed by atoms with Crippen LogP contribution in [-0.2, 0) is 12.0 Å². The van der Waals surface area contributed by atoms with Gasteiger partial charge in [-0.2, -0.15) is 0 Å². The zero-order chi connectivity index (χ0) is 9.03. The van der Waals surface area contributed by atoms with Gasteiger partial charge < -0.3 is 0 Å². The van der Waals surface area contributed by atoms with Crippen LogP contribution < -0.4 is 4.18 Å². The van der Waals surface area contributed by atoms with Crippen LogP contribution in [-0.4, -0.2) is 4.75 Å². The van der Waals surface area contributed by atoms with E-state index < -0.39 is 0 Å². The smallest absolute Gasteiger partial charge is 0.188 e. The average molecular weight is 183 g/mol. The second kappa shape index (κ2) is 3.85. The van der Waals surface area contributed by atoms with E-state index in [1.807, 2.05) is 30.3 Å². The second-order valence-electron chi connectivity index (χ2n) is 3.67. The Balaban J connectivity index is 2.44. The molecule has 66 valence electrons. The van der Waals surface area contributed by atoms with Crippen molar-refractivity contribution < 1.29 is 4.18 Å². The Labute approximate surface area is 78.3 Å². The summed E-state index contributed by atoms with van der Waals surface area (Å²) in [6, 6.07) is 9.89. The molecule has 0 unspecified atom stereocenters. The summed E-state index contributed by atoms with van der Waals surface area (Å²) in [5.74, 6) is 0.939. The summed E-state index contributed by atoms with van der Waals surface area (Å²) in [7, 11) is 0. The largest absolute Gasteiger partial charge is 0.288 e. The van der Waals surface area contributed by atoms with E-state index in [9.17, 15) is 0 Å². The Bertz CT molecular complexity index is 225. The van der Waals surface area contributed by atoms with Gasteiger partial charge in [0.05, 0.1) is 0 Å². The van der Waals surface area contributed by atoms with E-state index in [1.54, 1.807) is 0 Å². The molecule has 1 rings (SSSR count). The van der Waals surface area contributed by atoms with E-state index in [2.05, 4.69) is 20.8 Å². The molecule has 12 heavy (non-hydrogen) atoms. The molecule has 0 heterocycles. The van der Waals surface area contributed by atoms with E-state index in [0.717, 1.165) is 17.8 Å². The molecular weight excluding hydrogens is 168 g/mol. The third-order valence-electron chi connectivity index (χ3n) is 1.17. The summed E-state index contributed by atoms with van der Waals surface area (Å²) in [6.45, 7) is 6.45. The van der Waals surface area contributed by atoms with Crippen molar-refractivity contribution in [2.24, 2.45) is 0 Å². The quantitative estimate of drug-likeness (QED) is 0.506. The van der Waals surface area contributed by atoms with Gasteiger partial charge in [-0.05, 0) is 32.9 Å². The SMILES string of the molecule is CC(C)(C)[SH+]Oc1ccccc1. The van der Waals surface area contributed by atoms with E-state index in [-0.39, 0.29) is 4.75 Å². The van der Waals surface area contributed by atoms with Gasteiger partial charge in [-0.25, -0.2) is 0 Å². The molecule has 0 spiro atoms. The standard InChI is InChI=1S/C10H14OS/c1-10(2,3)12-11-9-7-5-4-6-8-9/h4-8H,1-3H3/p+1. The highest BCUT2D eigenvalue weighted by Crippen LogP contribution is 2.14. The fourth-order valence-corrected chi connectivity index (χ4v) is 1.17. The number of para-hydroxylation sites is 1. The van der Waals surface area contributed by atoms with Crippen molar-refractivity contribution in [1.82, 2.24) is 0 Å². The minimum absolute atomic E-state index is 0.204. The van der Waals surface area contributed by atoms with Crippen LogP contribution in [0.1, 0.15) is 20.8 Å². The van der Waals surface area contributed by atoms with Crippen LogP contribution >= 0.6 is 0 Å². The molecular formula is C10H15OS+. The van der Waals surface area contributed by atoms with Crippen LogP contribution in [0.4, 0.5) is 0 Å². The minimum Gasteiger partial charge on any atom is -0.288 e. The third-order valence-corrected chi connectivity index (χ3v) is 2.02. The van der Waals surface area contributed by atoms with E-state index in [4.69, 9.17) is 4.18 Å². The maximum absolute atomic E-state index is 5.54. The molecule has 0 amide bonds. The Morgan fingerprint density at radius 3 is 2.17 bits per heavy atom. The van der Waals surface area contributed by atoms with Gasteiger partial charge in [-0.3, -0.25) is 4.18 Å². The zero-order valence-electron chi connectivity index (χ0n) is 7.74. The molecule has 0 aliphatic heterocycles. The Kier molecular flexibility index (Phi) is 3.04. The van der Waals surface area contributed by atoms with Gasteiger partial charge in [-0.15, -0.1) is 0 Å². The molecule has 0 saturated heterocycles. The summed E-state index contributed by atoms with van der Waals surface area (Å²) in [4.78, 5) is 0. The van der Waals surface area contributed by atoms with Crippen molar-refractivity contribution in [3.05, 3.63) is 30.3 Å². The molecule has 0 radical (unpaired) electrons. The summed E-state index contributed by atoms with van der Waals surface area (Å²) >= 11 is 1.00. The lowest BCUT2D eigenvalue weighted by molar-refractivity contribution is 0.608. The van der Waals surface area contributed by atoms with Crippen molar-refractivity contribution in [1.29, 1.82) is 0 Å². The van der Waals surface area contributed by atoms with Gasteiger partial charge in [0.15, 0.2) is 22.5 Å². The molecule has 1 aromatic carbocycles. The van der Waals surface area contributed by atoms with Crippen molar-refractivity contribution in [2.75, 3.05) is 0 Å². The lowest BCUT2D eigenvalue weighted by atomic mass is 10.3. The molecule has 0 aliphatic rings. The molecule has 0 saturated carbocycles. The number of thiol groups is 1. The van der Waals surface area contributed by atoms with Gasteiger partial charge >= 0.3 is 0 Å². The van der Waals surface area contributed by atoms with Crippen molar-refractivity contribution in [2.45, 2.75) is 25.5 Å². The monoisotopic (exact) mass is 183 g/mol. The molecule has 2 heteroatoms. The van der Waals surface area contributed by atoms with Crippen LogP contribution in [0.15, 0.2) is 30.3 Å².